The molecule has 3 aromatic carbocycles. The van der Waals surface area contributed by atoms with Crippen molar-refractivity contribution in [1.82, 2.24) is 9.55 Å². The van der Waals surface area contributed by atoms with E-state index in [0.29, 0.717) is 38.8 Å². The molecular weight excluding hydrogens is 519 g/mol. The average molecular weight is 538 g/mol. The number of halogens is 4. The van der Waals surface area contributed by atoms with Crippen LogP contribution in [0.1, 0.15) is 5.56 Å². The summed E-state index contributed by atoms with van der Waals surface area (Å²) in [4.78, 5) is 27.8. The lowest BCUT2D eigenvalue weighted by atomic mass is 10.0. The molecule has 0 saturated heterocycles. The number of rotatable bonds is 6. The number of aromatic amines is 1. The van der Waals surface area contributed by atoms with Crippen molar-refractivity contribution in [2.45, 2.75) is 6.42 Å². The van der Waals surface area contributed by atoms with Gasteiger partial charge in [0.2, 0.25) is 5.91 Å². The summed E-state index contributed by atoms with van der Waals surface area (Å²) in [6.45, 7) is 0. The third kappa shape index (κ3) is 5.01. The Balaban J connectivity index is 1.56. The Labute approximate surface area is 219 Å². The summed E-state index contributed by atoms with van der Waals surface area (Å²) in [6.07, 6.45) is 2.94. The Kier molecular flexibility index (Phi) is 6.69. The maximum Gasteiger partial charge on any atom is 0.272 e. The first-order chi connectivity index (χ1) is 18.2. The number of ether oxygens (including phenoxy) is 1. The molecule has 192 valence electrons. The zero-order valence-electron chi connectivity index (χ0n) is 19.8. The first-order valence-corrected chi connectivity index (χ1v) is 11.7. The van der Waals surface area contributed by atoms with Crippen LogP contribution in [0.4, 0.5) is 18.9 Å². The van der Waals surface area contributed by atoms with E-state index in [0.717, 1.165) is 12.1 Å². The zero-order valence-corrected chi connectivity index (χ0v) is 20.6. The van der Waals surface area contributed by atoms with E-state index in [1.807, 2.05) is 0 Å². The summed E-state index contributed by atoms with van der Waals surface area (Å²) in [6, 6.07) is 13.2. The number of hydrogen-bond donors (Lipinski definition) is 2. The molecule has 0 spiro atoms. The van der Waals surface area contributed by atoms with Gasteiger partial charge in [0.1, 0.15) is 22.9 Å². The Morgan fingerprint density at radius 2 is 1.76 bits per heavy atom. The summed E-state index contributed by atoms with van der Waals surface area (Å²) >= 11 is 5.93. The molecular formula is C28H19ClF3N3O3. The first-order valence-electron chi connectivity index (χ1n) is 11.4. The summed E-state index contributed by atoms with van der Waals surface area (Å²) in [5.74, 6) is -2.72. The van der Waals surface area contributed by atoms with Gasteiger partial charge < -0.3 is 19.6 Å². The fourth-order valence-corrected chi connectivity index (χ4v) is 4.42. The number of nitrogens with one attached hydrogen (secondary N) is 2. The molecule has 0 aliphatic heterocycles. The van der Waals surface area contributed by atoms with Crippen molar-refractivity contribution in [1.29, 1.82) is 0 Å². The van der Waals surface area contributed by atoms with E-state index in [4.69, 9.17) is 16.3 Å². The lowest BCUT2D eigenvalue weighted by Gasteiger charge is -2.14. The highest BCUT2D eigenvalue weighted by Crippen LogP contribution is 2.39. The molecule has 0 radical (unpaired) electrons. The summed E-state index contributed by atoms with van der Waals surface area (Å²) in [5.41, 5.74) is 1.57. The number of carbonyl (C=O) groups excluding carboxylic acids is 1. The molecule has 0 saturated carbocycles. The lowest BCUT2D eigenvalue weighted by Crippen LogP contribution is -2.15. The van der Waals surface area contributed by atoms with Gasteiger partial charge in [-0.2, -0.15) is 0 Å². The quantitative estimate of drug-likeness (QED) is 0.257. The second kappa shape index (κ2) is 10.1. The topological polar surface area (TPSA) is 76.1 Å². The van der Waals surface area contributed by atoms with Crippen LogP contribution >= 0.6 is 11.6 Å². The van der Waals surface area contributed by atoms with Crippen LogP contribution in [0.25, 0.3) is 22.0 Å². The van der Waals surface area contributed by atoms with Gasteiger partial charge in [-0.15, -0.1) is 0 Å². The minimum Gasteiger partial charge on any atom is -0.454 e. The van der Waals surface area contributed by atoms with Gasteiger partial charge in [0.25, 0.3) is 5.56 Å². The van der Waals surface area contributed by atoms with E-state index in [9.17, 15) is 22.8 Å². The Bertz CT molecular complexity index is 1760. The van der Waals surface area contributed by atoms with Crippen LogP contribution in [0.2, 0.25) is 5.02 Å². The summed E-state index contributed by atoms with van der Waals surface area (Å²) in [7, 11) is 1.70. The van der Waals surface area contributed by atoms with Crippen LogP contribution in [-0.4, -0.2) is 15.5 Å². The second-order valence-corrected chi connectivity index (χ2v) is 9.01. The summed E-state index contributed by atoms with van der Waals surface area (Å²) in [5, 5.41) is 3.61. The molecule has 0 atom stereocenters. The third-order valence-electron chi connectivity index (χ3n) is 5.93. The van der Waals surface area contributed by atoms with Crippen LogP contribution in [-0.2, 0) is 18.3 Å². The fraction of sp³-hybridized carbons (Fsp3) is 0.0714. The predicted molar refractivity (Wildman–Crippen MR) is 139 cm³/mol. The number of aryl methyl sites for hydroxylation is 1. The maximum absolute atomic E-state index is 14.4. The van der Waals surface area contributed by atoms with E-state index in [1.165, 1.54) is 36.5 Å². The molecule has 5 aromatic rings. The molecule has 0 fully saturated rings. The van der Waals surface area contributed by atoms with Gasteiger partial charge in [0, 0.05) is 52.7 Å². The number of hydrogen-bond acceptors (Lipinski definition) is 3. The number of benzene rings is 3. The molecule has 5 rings (SSSR count). The van der Waals surface area contributed by atoms with Gasteiger partial charge in [-0.3, -0.25) is 9.59 Å². The molecule has 1 amide bonds. The number of carbonyl (C=O) groups is 1. The number of aromatic nitrogens is 2. The molecule has 0 unspecified atom stereocenters. The third-order valence-corrected chi connectivity index (χ3v) is 6.16. The van der Waals surface area contributed by atoms with Crippen molar-refractivity contribution < 1.29 is 22.7 Å². The molecule has 6 nitrogen and oxygen atoms in total. The smallest absolute Gasteiger partial charge is 0.272 e. The van der Waals surface area contributed by atoms with Gasteiger partial charge in [-0.25, -0.2) is 13.2 Å². The van der Waals surface area contributed by atoms with Crippen molar-refractivity contribution in [3.05, 3.63) is 111 Å². The molecule has 0 aliphatic rings. The second-order valence-electron chi connectivity index (χ2n) is 8.57. The van der Waals surface area contributed by atoms with Crippen LogP contribution in [0.5, 0.6) is 11.5 Å². The first kappa shape index (κ1) is 25.2. The molecule has 10 heteroatoms. The molecule has 2 aromatic heterocycles. The van der Waals surface area contributed by atoms with E-state index in [2.05, 4.69) is 10.3 Å². The summed E-state index contributed by atoms with van der Waals surface area (Å²) < 4.78 is 49.4. The highest BCUT2D eigenvalue weighted by Gasteiger charge is 2.18. The van der Waals surface area contributed by atoms with Crippen molar-refractivity contribution >= 4 is 34.1 Å². The van der Waals surface area contributed by atoms with Gasteiger partial charge in [0.05, 0.1) is 6.42 Å². The van der Waals surface area contributed by atoms with Crippen molar-refractivity contribution in [3.8, 4) is 22.6 Å². The lowest BCUT2D eigenvalue weighted by molar-refractivity contribution is -0.115. The van der Waals surface area contributed by atoms with Crippen LogP contribution in [0.3, 0.4) is 0 Å². The van der Waals surface area contributed by atoms with Crippen molar-refractivity contribution in [2.24, 2.45) is 7.05 Å². The monoisotopic (exact) mass is 537 g/mol. The van der Waals surface area contributed by atoms with Crippen molar-refractivity contribution in [3.63, 3.8) is 0 Å². The standard InChI is InChI=1S/C28H19ClF3N3O3/c1-35-14-21(19-8-9-33-28(37)27(19)35)20-13-18(34-26(36)11-15-10-16(29)2-5-22(15)31)4-7-24(20)38-25-6-3-17(30)12-23(25)32/h2-10,12-14H,11H2,1H3,(H,33,37)(H,34,36). The molecule has 2 N–H and O–H groups in total. The van der Waals surface area contributed by atoms with Crippen LogP contribution in [0.15, 0.2) is 77.9 Å². The Hall–Kier alpha value is -4.50. The normalized spacial score (nSPS) is 11.1. The zero-order chi connectivity index (χ0) is 27.0. The molecule has 0 bridgehead atoms. The number of fused-ring (bicyclic) bond motifs is 1. The van der Waals surface area contributed by atoms with E-state index < -0.39 is 23.4 Å². The maximum atomic E-state index is 14.4. The fourth-order valence-electron chi connectivity index (χ4n) is 4.22. The van der Waals surface area contributed by atoms with E-state index in [-0.39, 0.29) is 29.0 Å². The minimum absolute atomic E-state index is 0.134. The number of anilines is 1. The Morgan fingerprint density at radius 1 is 0.974 bits per heavy atom. The highest BCUT2D eigenvalue weighted by molar-refractivity contribution is 6.30. The van der Waals surface area contributed by atoms with Gasteiger partial charge >= 0.3 is 0 Å². The van der Waals surface area contributed by atoms with Gasteiger partial charge in [-0.05, 0) is 60.2 Å². The number of nitrogens with zero attached hydrogens (tertiary/aromatic N) is 1. The molecule has 2 heterocycles. The van der Waals surface area contributed by atoms with E-state index in [1.54, 1.807) is 29.9 Å². The van der Waals surface area contributed by atoms with Crippen molar-refractivity contribution in [2.75, 3.05) is 5.32 Å². The van der Waals surface area contributed by atoms with E-state index >= 15 is 0 Å². The van der Waals surface area contributed by atoms with Gasteiger partial charge in [-0.1, -0.05) is 11.6 Å². The van der Waals surface area contributed by atoms with Gasteiger partial charge in [0.15, 0.2) is 11.6 Å². The highest BCUT2D eigenvalue weighted by atomic mass is 35.5. The van der Waals surface area contributed by atoms with Crippen LogP contribution < -0.4 is 15.6 Å². The average Bonchev–Trinajstić information content (AvgIpc) is 3.21. The number of amides is 1. The van der Waals surface area contributed by atoms with Crippen LogP contribution in [0, 0.1) is 17.5 Å². The largest absolute Gasteiger partial charge is 0.454 e. The number of pyridine rings is 1. The SMILES string of the molecule is Cn1cc(-c2cc(NC(=O)Cc3cc(Cl)ccc3F)ccc2Oc2ccc(F)cc2F)c2cc[nH]c(=O)c21. The minimum atomic E-state index is -0.897. The number of H-pyrrole nitrogens is 1. The molecule has 0 aliphatic carbocycles. The molecule has 38 heavy (non-hydrogen) atoms. The Morgan fingerprint density at radius 3 is 2.55 bits per heavy atom. The predicted octanol–water partition coefficient (Wildman–Crippen LogP) is 6.58.